The first-order valence-corrected chi connectivity index (χ1v) is 7.02. The minimum atomic E-state index is -3.10. The third-order valence-corrected chi connectivity index (χ3v) is 4.01. The van der Waals surface area contributed by atoms with E-state index in [1.807, 2.05) is 4.90 Å². The quantitative estimate of drug-likeness (QED) is 0.766. The number of nitrogens with one attached hydrogen (secondary N) is 1. The van der Waals surface area contributed by atoms with E-state index in [9.17, 15) is 8.42 Å². The average Bonchev–Trinajstić information content (AvgIpc) is 2.29. The maximum Gasteiger partial charge on any atom is 0.169 e. The molecule has 1 aliphatic rings. The standard InChI is InChI=1S/C10H14N3O2S/c1-16(14,15)10-8-12-6-7-13(10)9-2-4-11-5-3-9/h2,4-5,10,12H,6-8H2,1H3. The molecule has 1 unspecified atom stereocenters. The number of piperazine rings is 1. The Morgan fingerprint density at radius 3 is 3.06 bits per heavy atom. The van der Waals surface area contributed by atoms with Crippen LogP contribution in [0, 0.1) is 6.07 Å². The molecule has 0 saturated carbocycles. The van der Waals surface area contributed by atoms with E-state index in [2.05, 4.69) is 16.4 Å². The largest absolute Gasteiger partial charge is 0.352 e. The number of pyridine rings is 1. The highest BCUT2D eigenvalue weighted by atomic mass is 32.2. The van der Waals surface area contributed by atoms with Gasteiger partial charge in [-0.3, -0.25) is 4.98 Å². The van der Waals surface area contributed by atoms with Crippen LogP contribution in [0.5, 0.6) is 0 Å². The number of rotatable bonds is 2. The van der Waals surface area contributed by atoms with Gasteiger partial charge >= 0.3 is 0 Å². The average molecular weight is 240 g/mol. The summed E-state index contributed by atoms with van der Waals surface area (Å²) in [4.78, 5) is 5.73. The summed E-state index contributed by atoms with van der Waals surface area (Å²) in [6.07, 6.45) is 4.46. The molecule has 0 spiro atoms. The highest BCUT2D eigenvalue weighted by Gasteiger charge is 2.30. The van der Waals surface area contributed by atoms with Crippen LogP contribution in [-0.2, 0) is 9.84 Å². The maximum absolute atomic E-state index is 11.7. The molecule has 0 bridgehead atoms. The van der Waals surface area contributed by atoms with Gasteiger partial charge in [-0.15, -0.1) is 0 Å². The Labute approximate surface area is 95.4 Å². The second-order valence-corrected chi connectivity index (χ2v) is 6.01. The zero-order chi connectivity index (χ0) is 11.6. The summed E-state index contributed by atoms with van der Waals surface area (Å²) in [6.45, 7) is 1.90. The minimum absolute atomic E-state index is 0.453. The second-order valence-electron chi connectivity index (χ2n) is 3.81. The molecule has 1 aromatic rings. The molecule has 1 aliphatic heterocycles. The van der Waals surface area contributed by atoms with Gasteiger partial charge in [0.2, 0.25) is 0 Å². The maximum atomic E-state index is 11.7. The summed E-state index contributed by atoms with van der Waals surface area (Å²) >= 11 is 0. The van der Waals surface area contributed by atoms with E-state index in [1.54, 1.807) is 18.5 Å². The Morgan fingerprint density at radius 2 is 2.44 bits per heavy atom. The highest BCUT2D eigenvalue weighted by Crippen LogP contribution is 2.19. The molecule has 0 amide bonds. The van der Waals surface area contributed by atoms with Crippen LogP contribution >= 0.6 is 0 Å². The van der Waals surface area contributed by atoms with E-state index in [0.29, 0.717) is 13.1 Å². The van der Waals surface area contributed by atoms with Crippen molar-refractivity contribution in [3.05, 3.63) is 24.5 Å². The molecule has 16 heavy (non-hydrogen) atoms. The van der Waals surface area contributed by atoms with Gasteiger partial charge in [0.1, 0.15) is 5.37 Å². The number of hydrogen-bond donors (Lipinski definition) is 1. The van der Waals surface area contributed by atoms with E-state index < -0.39 is 15.2 Å². The molecular formula is C10H14N3O2S. The van der Waals surface area contributed by atoms with Crippen molar-refractivity contribution < 1.29 is 8.42 Å². The number of anilines is 1. The third kappa shape index (κ3) is 2.33. The van der Waals surface area contributed by atoms with Gasteiger partial charge in [-0.05, 0) is 6.07 Å². The fraction of sp³-hybridized carbons (Fsp3) is 0.500. The lowest BCUT2D eigenvalue weighted by molar-refractivity contribution is 0.521. The molecule has 1 fully saturated rings. The van der Waals surface area contributed by atoms with Crippen LogP contribution in [0.25, 0.3) is 0 Å². The van der Waals surface area contributed by atoms with Gasteiger partial charge in [0, 0.05) is 50.0 Å². The molecule has 1 N–H and O–H groups in total. The van der Waals surface area contributed by atoms with Crippen molar-refractivity contribution in [3.63, 3.8) is 0 Å². The lowest BCUT2D eigenvalue weighted by Gasteiger charge is -2.36. The van der Waals surface area contributed by atoms with Gasteiger partial charge in [0.25, 0.3) is 0 Å². The molecule has 0 aromatic carbocycles. The van der Waals surface area contributed by atoms with Crippen LogP contribution < -0.4 is 10.2 Å². The topological polar surface area (TPSA) is 62.3 Å². The number of sulfone groups is 1. The second kappa shape index (κ2) is 4.39. The molecule has 2 rings (SSSR count). The molecule has 2 heterocycles. The number of nitrogens with zero attached hydrogens (tertiary/aromatic N) is 2. The zero-order valence-corrected chi connectivity index (χ0v) is 9.87. The first kappa shape index (κ1) is 11.3. The van der Waals surface area contributed by atoms with Crippen LogP contribution in [0.1, 0.15) is 0 Å². The predicted octanol–water partition coefficient (Wildman–Crippen LogP) is -0.338. The predicted molar refractivity (Wildman–Crippen MR) is 61.9 cm³/mol. The fourth-order valence-corrected chi connectivity index (χ4v) is 2.93. The molecule has 1 saturated heterocycles. The summed E-state index contributed by atoms with van der Waals surface area (Å²) < 4.78 is 23.3. The van der Waals surface area contributed by atoms with Gasteiger partial charge in [-0.2, -0.15) is 0 Å². The SMILES string of the molecule is CS(=O)(=O)C1CNCCN1c1[c]cncc1. The Balaban J connectivity index is 2.31. The summed E-state index contributed by atoms with van der Waals surface area (Å²) in [7, 11) is -3.10. The van der Waals surface area contributed by atoms with E-state index >= 15 is 0 Å². The van der Waals surface area contributed by atoms with Crippen molar-refractivity contribution in [2.45, 2.75) is 5.37 Å². The van der Waals surface area contributed by atoms with Gasteiger partial charge < -0.3 is 10.2 Å². The first-order chi connectivity index (χ1) is 7.59. The molecule has 1 aromatic heterocycles. The Kier molecular flexibility index (Phi) is 3.11. The summed E-state index contributed by atoms with van der Waals surface area (Å²) in [5.41, 5.74) is 0.784. The molecule has 5 nitrogen and oxygen atoms in total. The minimum Gasteiger partial charge on any atom is -0.352 e. The van der Waals surface area contributed by atoms with E-state index in [4.69, 9.17) is 0 Å². The molecule has 1 radical (unpaired) electrons. The third-order valence-electron chi connectivity index (χ3n) is 2.61. The summed E-state index contributed by atoms with van der Waals surface area (Å²) in [6, 6.07) is 4.74. The number of hydrogen-bond acceptors (Lipinski definition) is 5. The number of aromatic nitrogens is 1. The smallest absolute Gasteiger partial charge is 0.169 e. The Bertz CT molecular complexity index is 446. The van der Waals surface area contributed by atoms with Crippen molar-refractivity contribution in [1.82, 2.24) is 10.3 Å². The summed E-state index contributed by atoms with van der Waals surface area (Å²) in [5, 5.41) is 2.58. The van der Waals surface area contributed by atoms with Crippen LogP contribution in [0.3, 0.4) is 0 Å². The molecule has 87 valence electrons. The van der Waals surface area contributed by atoms with Gasteiger partial charge in [0.15, 0.2) is 9.84 Å². The fourth-order valence-electron chi connectivity index (χ4n) is 1.82. The Hall–Kier alpha value is -1.14. The monoisotopic (exact) mass is 240 g/mol. The van der Waals surface area contributed by atoms with Crippen molar-refractivity contribution in [2.24, 2.45) is 0 Å². The van der Waals surface area contributed by atoms with Crippen LogP contribution in [0.15, 0.2) is 18.5 Å². The lowest BCUT2D eigenvalue weighted by Crippen LogP contribution is -2.54. The molecule has 1 atom stereocenters. The highest BCUT2D eigenvalue weighted by molar-refractivity contribution is 7.91. The molecular weight excluding hydrogens is 226 g/mol. The van der Waals surface area contributed by atoms with E-state index in [1.165, 1.54) is 6.26 Å². The van der Waals surface area contributed by atoms with Crippen molar-refractivity contribution in [3.8, 4) is 0 Å². The van der Waals surface area contributed by atoms with Crippen LogP contribution in [0.4, 0.5) is 5.69 Å². The molecule has 0 aliphatic carbocycles. The van der Waals surface area contributed by atoms with Gasteiger partial charge in [-0.1, -0.05) is 0 Å². The van der Waals surface area contributed by atoms with Gasteiger partial charge in [0.05, 0.1) is 0 Å². The summed E-state index contributed by atoms with van der Waals surface area (Å²) in [5.74, 6) is 0. The molecule has 6 heteroatoms. The lowest BCUT2D eigenvalue weighted by atomic mass is 10.3. The van der Waals surface area contributed by atoms with E-state index in [-0.39, 0.29) is 0 Å². The van der Waals surface area contributed by atoms with Crippen LogP contribution in [-0.4, -0.2) is 44.7 Å². The first-order valence-electron chi connectivity index (χ1n) is 5.07. The van der Waals surface area contributed by atoms with Crippen molar-refractivity contribution in [2.75, 3.05) is 30.8 Å². The van der Waals surface area contributed by atoms with Crippen molar-refractivity contribution >= 4 is 15.5 Å². The van der Waals surface area contributed by atoms with Gasteiger partial charge in [-0.25, -0.2) is 8.42 Å². The van der Waals surface area contributed by atoms with Crippen molar-refractivity contribution in [1.29, 1.82) is 0 Å². The zero-order valence-electron chi connectivity index (χ0n) is 9.05. The van der Waals surface area contributed by atoms with E-state index in [0.717, 1.165) is 12.2 Å². The normalized spacial score (nSPS) is 22.1. The Morgan fingerprint density at radius 1 is 1.62 bits per heavy atom. The van der Waals surface area contributed by atoms with Crippen LogP contribution in [0.2, 0.25) is 0 Å².